The molecule has 0 aromatic rings. The molecule has 0 aromatic heterocycles. The molecule has 1 N–H and O–H groups in total. The Balaban J connectivity index is 1.61. The van der Waals surface area contributed by atoms with Crippen LogP contribution in [0.25, 0.3) is 0 Å². The van der Waals surface area contributed by atoms with Crippen molar-refractivity contribution < 1.29 is 4.79 Å². The molecule has 2 aliphatic heterocycles. The molecule has 2 saturated heterocycles. The van der Waals surface area contributed by atoms with Crippen LogP contribution in [-0.2, 0) is 4.79 Å². The minimum Gasteiger partial charge on any atom is -0.339 e. The monoisotopic (exact) mass is 250 g/mol. The molecule has 3 rings (SSSR count). The minimum atomic E-state index is 0.288. The van der Waals surface area contributed by atoms with Crippen molar-refractivity contribution in [2.75, 3.05) is 6.54 Å². The van der Waals surface area contributed by atoms with Crippen molar-refractivity contribution >= 4 is 5.91 Å². The van der Waals surface area contributed by atoms with E-state index < -0.39 is 0 Å². The minimum absolute atomic E-state index is 0.288. The van der Waals surface area contributed by atoms with Gasteiger partial charge in [0.1, 0.15) is 0 Å². The van der Waals surface area contributed by atoms with Crippen LogP contribution in [0.15, 0.2) is 0 Å². The Labute approximate surface area is 110 Å². The molecule has 2 heterocycles. The van der Waals surface area contributed by atoms with Crippen LogP contribution in [0, 0.1) is 11.8 Å². The first kappa shape index (κ1) is 12.5. The summed E-state index contributed by atoms with van der Waals surface area (Å²) in [6, 6.07) is 1.70. The lowest BCUT2D eigenvalue weighted by molar-refractivity contribution is -0.137. The molecule has 0 aromatic carbocycles. The largest absolute Gasteiger partial charge is 0.339 e. The summed E-state index contributed by atoms with van der Waals surface area (Å²) in [6.45, 7) is 5.47. The van der Waals surface area contributed by atoms with E-state index in [0.717, 1.165) is 19.4 Å². The molecule has 1 amide bonds. The number of carbonyl (C=O) groups is 1. The fourth-order valence-electron chi connectivity index (χ4n) is 3.57. The zero-order valence-corrected chi connectivity index (χ0v) is 11.7. The maximum atomic E-state index is 12.7. The molecular weight excluding hydrogens is 224 g/mol. The molecule has 3 aliphatic rings. The van der Waals surface area contributed by atoms with E-state index in [-0.39, 0.29) is 5.92 Å². The fraction of sp³-hybridized carbons (Fsp3) is 0.933. The van der Waals surface area contributed by atoms with E-state index in [1.807, 2.05) is 0 Å². The number of rotatable bonds is 5. The normalized spacial score (nSPS) is 34.3. The van der Waals surface area contributed by atoms with E-state index in [9.17, 15) is 4.79 Å². The highest BCUT2D eigenvalue weighted by molar-refractivity contribution is 5.81. The number of amides is 1. The predicted octanol–water partition coefficient (Wildman–Crippen LogP) is 2.16. The lowest BCUT2D eigenvalue weighted by atomic mass is 9.88. The second kappa shape index (κ2) is 4.84. The van der Waals surface area contributed by atoms with Gasteiger partial charge in [0.05, 0.1) is 5.92 Å². The van der Waals surface area contributed by atoms with E-state index in [4.69, 9.17) is 0 Å². The Morgan fingerprint density at radius 3 is 2.56 bits per heavy atom. The predicted molar refractivity (Wildman–Crippen MR) is 72.2 cm³/mol. The maximum absolute atomic E-state index is 12.7. The maximum Gasteiger partial charge on any atom is 0.227 e. The molecule has 18 heavy (non-hydrogen) atoms. The smallest absolute Gasteiger partial charge is 0.227 e. The molecule has 1 aliphatic carbocycles. The third-order valence-corrected chi connectivity index (χ3v) is 4.84. The van der Waals surface area contributed by atoms with Gasteiger partial charge in [-0.25, -0.2) is 0 Å². The highest BCUT2D eigenvalue weighted by Crippen LogP contribution is 2.37. The van der Waals surface area contributed by atoms with Gasteiger partial charge in [-0.15, -0.1) is 0 Å². The second-order valence-electron chi connectivity index (χ2n) is 6.83. The van der Waals surface area contributed by atoms with Gasteiger partial charge >= 0.3 is 0 Å². The van der Waals surface area contributed by atoms with Crippen LogP contribution < -0.4 is 5.32 Å². The zero-order chi connectivity index (χ0) is 12.7. The summed E-state index contributed by atoms with van der Waals surface area (Å²) in [5.41, 5.74) is 0. The van der Waals surface area contributed by atoms with Gasteiger partial charge in [0.2, 0.25) is 5.91 Å². The average Bonchev–Trinajstić information content (AvgIpc) is 2.95. The van der Waals surface area contributed by atoms with E-state index >= 15 is 0 Å². The van der Waals surface area contributed by atoms with Gasteiger partial charge in [0.15, 0.2) is 0 Å². The van der Waals surface area contributed by atoms with Gasteiger partial charge in [0.25, 0.3) is 0 Å². The molecule has 3 unspecified atom stereocenters. The number of hydrogen-bond acceptors (Lipinski definition) is 2. The summed E-state index contributed by atoms with van der Waals surface area (Å²) in [6.07, 6.45) is 7.20. The van der Waals surface area contributed by atoms with Crippen LogP contribution in [0.5, 0.6) is 0 Å². The number of nitrogens with one attached hydrogen (secondary N) is 1. The first-order valence-electron chi connectivity index (χ1n) is 7.71. The van der Waals surface area contributed by atoms with Gasteiger partial charge in [-0.1, -0.05) is 13.8 Å². The van der Waals surface area contributed by atoms with Crippen LogP contribution in [0.4, 0.5) is 0 Å². The summed E-state index contributed by atoms with van der Waals surface area (Å²) in [7, 11) is 0. The molecule has 3 nitrogen and oxygen atoms in total. The van der Waals surface area contributed by atoms with Gasteiger partial charge < -0.3 is 10.2 Å². The van der Waals surface area contributed by atoms with Gasteiger partial charge in [-0.3, -0.25) is 4.79 Å². The molecule has 102 valence electrons. The molecule has 3 heteroatoms. The number of fused-ring (bicyclic) bond motifs is 2. The zero-order valence-electron chi connectivity index (χ0n) is 11.7. The van der Waals surface area contributed by atoms with Crippen molar-refractivity contribution in [3.05, 3.63) is 0 Å². The van der Waals surface area contributed by atoms with Gasteiger partial charge in [-0.05, 0) is 44.4 Å². The Bertz CT molecular complexity index is 324. The first-order chi connectivity index (χ1) is 8.65. The SMILES string of the molecule is CC(C)CCN(C(=O)C1CC2CCC1N2)C1CC1. The van der Waals surface area contributed by atoms with Gasteiger partial charge in [-0.2, -0.15) is 0 Å². The highest BCUT2D eigenvalue weighted by atomic mass is 16.2. The summed E-state index contributed by atoms with van der Waals surface area (Å²) in [5.74, 6) is 1.44. The van der Waals surface area contributed by atoms with Crippen molar-refractivity contribution in [2.24, 2.45) is 11.8 Å². The van der Waals surface area contributed by atoms with E-state index in [1.165, 1.54) is 25.7 Å². The summed E-state index contributed by atoms with van der Waals surface area (Å²) >= 11 is 0. The topological polar surface area (TPSA) is 32.3 Å². The molecule has 3 fully saturated rings. The average molecular weight is 250 g/mol. The molecule has 0 radical (unpaired) electrons. The third-order valence-electron chi connectivity index (χ3n) is 4.84. The lowest BCUT2D eigenvalue weighted by Gasteiger charge is -2.29. The Morgan fingerprint density at radius 1 is 1.28 bits per heavy atom. The summed E-state index contributed by atoms with van der Waals surface area (Å²) < 4.78 is 0. The van der Waals surface area contributed by atoms with E-state index in [1.54, 1.807) is 0 Å². The van der Waals surface area contributed by atoms with Gasteiger partial charge in [0, 0.05) is 24.7 Å². The van der Waals surface area contributed by atoms with Crippen LogP contribution in [0.2, 0.25) is 0 Å². The van der Waals surface area contributed by atoms with Crippen molar-refractivity contribution in [1.29, 1.82) is 0 Å². The van der Waals surface area contributed by atoms with E-state index in [0.29, 0.717) is 30.0 Å². The molecule has 2 bridgehead atoms. The molecule has 0 spiro atoms. The fourth-order valence-corrected chi connectivity index (χ4v) is 3.57. The standard InChI is InChI=1S/C15H26N2O/c1-10(2)7-8-17(12-4-5-12)15(18)13-9-11-3-6-14(13)16-11/h10-14,16H,3-9H2,1-2H3. The molecular formula is C15H26N2O. The third kappa shape index (κ3) is 2.42. The summed E-state index contributed by atoms with van der Waals surface area (Å²) in [4.78, 5) is 14.9. The lowest BCUT2D eigenvalue weighted by Crippen LogP contribution is -2.42. The second-order valence-corrected chi connectivity index (χ2v) is 6.83. The number of carbonyl (C=O) groups excluding carboxylic acids is 1. The Morgan fingerprint density at radius 2 is 2.06 bits per heavy atom. The van der Waals surface area contributed by atoms with Crippen molar-refractivity contribution in [2.45, 2.75) is 70.5 Å². The number of nitrogens with zero attached hydrogens (tertiary/aromatic N) is 1. The number of hydrogen-bond donors (Lipinski definition) is 1. The molecule has 3 atom stereocenters. The highest BCUT2D eigenvalue weighted by Gasteiger charge is 2.46. The summed E-state index contributed by atoms with van der Waals surface area (Å²) in [5, 5.41) is 3.59. The van der Waals surface area contributed by atoms with E-state index in [2.05, 4.69) is 24.1 Å². The van der Waals surface area contributed by atoms with Crippen molar-refractivity contribution in [3.8, 4) is 0 Å². The molecule has 1 saturated carbocycles. The van der Waals surface area contributed by atoms with Crippen LogP contribution >= 0.6 is 0 Å². The first-order valence-corrected chi connectivity index (χ1v) is 7.71. The Kier molecular flexibility index (Phi) is 3.35. The van der Waals surface area contributed by atoms with Crippen LogP contribution in [-0.4, -0.2) is 35.5 Å². The quantitative estimate of drug-likeness (QED) is 0.811. The van der Waals surface area contributed by atoms with Crippen LogP contribution in [0.1, 0.15) is 52.4 Å². The van der Waals surface area contributed by atoms with Crippen molar-refractivity contribution in [3.63, 3.8) is 0 Å². The van der Waals surface area contributed by atoms with Crippen molar-refractivity contribution in [1.82, 2.24) is 10.2 Å². The van der Waals surface area contributed by atoms with Crippen LogP contribution in [0.3, 0.4) is 0 Å². The Hall–Kier alpha value is -0.570.